The van der Waals surface area contributed by atoms with E-state index in [0.717, 1.165) is 38.4 Å². The Morgan fingerprint density at radius 1 is 0.967 bits per heavy atom. The quantitative estimate of drug-likeness (QED) is 0.519. The molecular formula is C23H22FN3O3. The molecule has 0 unspecified atom stereocenters. The average Bonchev–Trinajstić information content (AvgIpc) is 3.12. The number of rotatable bonds is 5. The van der Waals surface area contributed by atoms with Crippen LogP contribution >= 0.6 is 0 Å². The molecule has 1 saturated heterocycles. The Morgan fingerprint density at radius 3 is 2.50 bits per heavy atom. The molecule has 154 valence electrons. The van der Waals surface area contributed by atoms with Crippen LogP contribution in [0.15, 0.2) is 54.7 Å². The van der Waals surface area contributed by atoms with E-state index in [0.29, 0.717) is 10.9 Å². The molecule has 1 aliphatic rings. The van der Waals surface area contributed by atoms with E-state index in [1.165, 1.54) is 18.2 Å². The number of nitrogens with zero attached hydrogens (tertiary/aromatic N) is 2. The van der Waals surface area contributed by atoms with Gasteiger partial charge in [-0.3, -0.25) is 14.4 Å². The van der Waals surface area contributed by atoms with Gasteiger partial charge in [-0.2, -0.15) is 0 Å². The van der Waals surface area contributed by atoms with Crippen molar-refractivity contribution in [3.63, 3.8) is 0 Å². The maximum atomic E-state index is 13.4. The van der Waals surface area contributed by atoms with E-state index >= 15 is 0 Å². The molecule has 0 aliphatic carbocycles. The van der Waals surface area contributed by atoms with E-state index in [-0.39, 0.29) is 23.7 Å². The molecule has 1 aliphatic heterocycles. The van der Waals surface area contributed by atoms with Crippen LogP contribution in [0.4, 0.5) is 10.1 Å². The van der Waals surface area contributed by atoms with Gasteiger partial charge >= 0.3 is 0 Å². The number of hydrogen-bond donors (Lipinski definition) is 1. The number of ketones is 1. The summed E-state index contributed by atoms with van der Waals surface area (Å²) in [6.45, 7) is 1.61. The molecule has 7 heteroatoms. The molecule has 4 rings (SSSR count). The van der Waals surface area contributed by atoms with Gasteiger partial charge in [0.05, 0.1) is 5.56 Å². The fraction of sp³-hybridized carbons (Fsp3) is 0.261. The third-order valence-corrected chi connectivity index (χ3v) is 5.34. The highest BCUT2D eigenvalue weighted by Crippen LogP contribution is 2.23. The van der Waals surface area contributed by atoms with Crippen LogP contribution in [0.1, 0.15) is 29.6 Å². The molecule has 6 nitrogen and oxygen atoms in total. The number of carbonyl (C=O) groups excluding carboxylic acids is 3. The number of piperidine rings is 1. The molecule has 2 aromatic carbocycles. The average molecular weight is 407 g/mol. The maximum absolute atomic E-state index is 13.4. The fourth-order valence-corrected chi connectivity index (χ4v) is 3.82. The number of Topliss-reactive ketones (excluding diaryl/α,β-unsaturated/α-hetero) is 1. The van der Waals surface area contributed by atoms with Crippen LogP contribution in [0, 0.1) is 5.82 Å². The first-order chi connectivity index (χ1) is 14.5. The van der Waals surface area contributed by atoms with Crippen LogP contribution in [0.3, 0.4) is 0 Å². The summed E-state index contributed by atoms with van der Waals surface area (Å²) < 4.78 is 15.1. The van der Waals surface area contributed by atoms with Crippen molar-refractivity contribution in [3.8, 4) is 0 Å². The molecule has 0 atom stereocenters. The highest BCUT2D eigenvalue weighted by atomic mass is 19.1. The smallest absolute Gasteiger partial charge is 0.296 e. The highest BCUT2D eigenvalue weighted by Gasteiger charge is 2.23. The third kappa shape index (κ3) is 4.10. The van der Waals surface area contributed by atoms with E-state index in [1.807, 2.05) is 17.0 Å². The summed E-state index contributed by atoms with van der Waals surface area (Å²) in [4.78, 5) is 39.9. The van der Waals surface area contributed by atoms with E-state index in [1.54, 1.807) is 22.9 Å². The number of fused-ring (bicyclic) bond motifs is 1. The van der Waals surface area contributed by atoms with Crippen molar-refractivity contribution in [2.24, 2.45) is 0 Å². The Labute approximate surface area is 173 Å². The molecule has 30 heavy (non-hydrogen) atoms. The van der Waals surface area contributed by atoms with Crippen molar-refractivity contribution in [3.05, 3.63) is 66.1 Å². The van der Waals surface area contributed by atoms with Gasteiger partial charge < -0.3 is 14.8 Å². The second-order valence-electron chi connectivity index (χ2n) is 7.42. The number of halogens is 1. The lowest BCUT2D eigenvalue weighted by Crippen LogP contribution is -2.37. The number of anilines is 1. The molecule has 2 amide bonds. The number of nitrogens with one attached hydrogen (secondary N) is 1. The van der Waals surface area contributed by atoms with Crippen LogP contribution in [-0.2, 0) is 16.1 Å². The number of amides is 2. The van der Waals surface area contributed by atoms with E-state index in [9.17, 15) is 18.8 Å². The fourth-order valence-electron chi connectivity index (χ4n) is 3.82. The van der Waals surface area contributed by atoms with Crippen molar-refractivity contribution < 1.29 is 18.8 Å². The summed E-state index contributed by atoms with van der Waals surface area (Å²) >= 11 is 0. The first-order valence-corrected chi connectivity index (χ1v) is 10.00. The minimum Gasteiger partial charge on any atom is -0.341 e. The minimum atomic E-state index is -0.856. The van der Waals surface area contributed by atoms with Crippen LogP contribution in [0.25, 0.3) is 10.9 Å². The van der Waals surface area contributed by atoms with Gasteiger partial charge in [-0.1, -0.05) is 24.3 Å². The van der Waals surface area contributed by atoms with Crippen LogP contribution in [0.2, 0.25) is 0 Å². The van der Waals surface area contributed by atoms with Crippen molar-refractivity contribution >= 4 is 34.2 Å². The SMILES string of the molecule is O=C(Nc1cccc(F)c1)C(=O)c1cn(CC(=O)N2CCCCC2)c2ccccc12. The molecule has 0 saturated carbocycles. The van der Waals surface area contributed by atoms with E-state index < -0.39 is 17.5 Å². The summed E-state index contributed by atoms with van der Waals surface area (Å²) in [5, 5.41) is 3.03. The Morgan fingerprint density at radius 2 is 1.73 bits per heavy atom. The maximum Gasteiger partial charge on any atom is 0.296 e. The van der Waals surface area contributed by atoms with Crippen LogP contribution < -0.4 is 5.32 Å². The molecule has 1 fully saturated rings. The third-order valence-electron chi connectivity index (χ3n) is 5.34. The number of likely N-dealkylation sites (tertiary alicyclic amines) is 1. The van der Waals surface area contributed by atoms with Crippen molar-refractivity contribution in [2.75, 3.05) is 18.4 Å². The molecule has 0 bridgehead atoms. The van der Waals surface area contributed by atoms with E-state index in [2.05, 4.69) is 5.32 Å². The standard InChI is InChI=1S/C23H22FN3O3/c24-16-7-6-8-17(13-16)25-23(30)22(29)19-14-27(20-10-3-2-9-18(19)20)15-21(28)26-11-4-1-5-12-26/h2-3,6-10,13-14H,1,4-5,11-12,15H2,(H,25,30). The Balaban J connectivity index is 1.58. The second-order valence-corrected chi connectivity index (χ2v) is 7.42. The first-order valence-electron chi connectivity index (χ1n) is 10.00. The molecule has 2 heterocycles. The Kier molecular flexibility index (Phi) is 5.61. The zero-order valence-electron chi connectivity index (χ0n) is 16.4. The predicted molar refractivity (Wildman–Crippen MR) is 112 cm³/mol. The minimum absolute atomic E-state index is 0.00124. The number of para-hydroxylation sites is 1. The lowest BCUT2D eigenvalue weighted by Gasteiger charge is -2.27. The molecular weight excluding hydrogens is 385 g/mol. The topological polar surface area (TPSA) is 71.4 Å². The zero-order chi connectivity index (χ0) is 21.1. The van der Waals surface area contributed by atoms with Gasteiger partial charge in [0.25, 0.3) is 11.7 Å². The molecule has 3 aromatic rings. The molecule has 1 N–H and O–H groups in total. The Hall–Kier alpha value is -3.48. The van der Waals surface area contributed by atoms with Crippen LogP contribution in [0.5, 0.6) is 0 Å². The van der Waals surface area contributed by atoms with Crippen molar-refractivity contribution in [1.82, 2.24) is 9.47 Å². The van der Waals surface area contributed by atoms with Gasteiger partial charge in [0.2, 0.25) is 5.91 Å². The van der Waals surface area contributed by atoms with Gasteiger partial charge in [0, 0.05) is 35.9 Å². The number of hydrogen-bond acceptors (Lipinski definition) is 3. The van der Waals surface area contributed by atoms with Gasteiger partial charge in [0.15, 0.2) is 0 Å². The highest BCUT2D eigenvalue weighted by molar-refractivity contribution is 6.48. The second kappa shape index (κ2) is 8.49. The number of carbonyl (C=O) groups is 3. The lowest BCUT2D eigenvalue weighted by atomic mass is 10.1. The molecule has 0 radical (unpaired) electrons. The van der Waals surface area contributed by atoms with E-state index in [4.69, 9.17) is 0 Å². The lowest BCUT2D eigenvalue weighted by molar-refractivity contribution is -0.132. The Bertz CT molecular complexity index is 1120. The van der Waals surface area contributed by atoms with Crippen LogP contribution in [-0.4, -0.2) is 40.2 Å². The summed E-state index contributed by atoms with van der Waals surface area (Å²) in [5.74, 6) is -2.10. The monoisotopic (exact) mass is 407 g/mol. The van der Waals surface area contributed by atoms with Crippen molar-refractivity contribution in [1.29, 1.82) is 0 Å². The van der Waals surface area contributed by atoms with Crippen molar-refractivity contribution in [2.45, 2.75) is 25.8 Å². The normalized spacial score (nSPS) is 14.0. The largest absolute Gasteiger partial charge is 0.341 e. The number of aromatic nitrogens is 1. The summed E-state index contributed by atoms with van der Waals surface area (Å²) in [6, 6.07) is 12.5. The van der Waals surface area contributed by atoms with Gasteiger partial charge in [-0.15, -0.1) is 0 Å². The summed E-state index contributed by atoms with van der Waals surface area (Å²) in [5.41, 5.74) is 1.13. The van der Waals surface area contributed by atoms with Gasteiger partial charge in [-0.05, 0) is 43.5 Å². The zero-order valence-corrected chi connectivity index (χ0v) is 16.4. The molecule has 1 aromatic heterocycles. The predicted octanol–water partition coefficient (Wildman–Crippen LogP) is 3.61. The van der Waals surface area contributed by atoms with Gasteiger partial charge in [0.1, 0.15) is 12.4 Å². The summed E-state index contributed by atoms with van der Waals surface area (Å²) in [6.07, 6.45) is 4.69. The number of benzene rings is 2. The van der Waals surface area contributed by atoms with Gasteiger partial charge in [-0.25, -0.2) is 4.39 Å². The molecule has 0 spiro atoms. The summed E-state index contributed by atoms with van der Waals surface area (Å²) in [7, 11) is 0. The first kappa shape index (κ1) is 19.8.